The van der Waals surface area contributed by atoms with Crippen molar-refractivity contribution in [3.63, 3.8) is 0 Å². The highest BCUT2D eigenvalue weighted by Crippen LogP contribution is 2.34. The lowest BCUT2D eigenvalue weighted by Gasteiger charge is -2.23. The quantitative estimate of drug-likeness (QED) is 0.730. The zero-order valence-electron chi connectivity index (χ0n) is 8.17. The van der Waals surface area contributed by atoms with E-state index in [0.29, 0.717) is 5.75 Å². The van der Waals surface area contributed by atoms with Gasteiger partial charge in [0.25, 0.3) is 0 Å². The zero-order valence-corrected chi connectivity index (χ0v) is 8.99. The summed E-state index contributed by atoms with van der Waals surface area (Å²) in [6.07, 6.45) is 3.37. The van der Waals surface area contributed by atoms with Gasteiger partial charge in [-0.3, -0.25) is 10.1 Å². The second-order valence-electron chi connectivity index (χ2n) is 3.68. The van der Waals surface area contributed by atoms with Gasteiger partial charge in [-0.25, -0.2) is 0 Å². The summed E-state index contributed by atoms with van der Waals surface area (Å²) in [7, 11) is 0. The van der Waals surface area contributed by atoms with Crippen LogP contribution < -0.4 is 5.32 Å². The molecule has 0 aromatic carbocycles. The van der Waals surface area contributed by atoms with Crippen molar-refractivity contribution in [2.75, 3.05) is 5.75 Å². The molecule has 0 aromatic rings. The highest BCUT2D eigenvalue weighted by atomic mass is 32.2. The van der Waals surface area contributed by atoms with E-state index in [0.717, 1.165) is 19.3 Å². The van der Waals surface area contributed by atoms with Gasteiger partial charge >= 0.3 is 5.97 Å². The third-order valence-corrected chi connectivity index (χ3v) is 3.81. The van der Waals surface area contributed by atoms with E-state index in [9.17, 15) is 4.79 Å². The first-order chi connectivity index (χ1) is 6.07. The molecule has 0 saturated carbocycles. The highest BCUT2D eigenvalue weighted by Gasteiger charge is 2.37. The fourth-order valence-corrected chi connectivity index (χ4v) is 2.79. The molecular weight excluding hydrogens is 186 g/mol. The number of thioether (sulfide) groups is 1. The molecule has 4 heteroatoms. The summed E-state index contributed by atoms with van der Waals surface area (Å²) in [5, 5.41) is 12.0. The molecule has 1 rings (SSSR count). The van der Waals surface area contributed by atoms with Gasteiger partial charge in [-0.2, -0.15) is 0 Å². The van der Waals surface area contributed by atoms with Crippen LogP contribution in [0.15, 0.2) is 0 Å². The Bertz CT molecular complexity index is 198. The number of rotatable bonds is 4. The van der Waals surface area contributed by atoms with Crippen molar-refractivity contribution < 1.29 is 9.90 Å². The third kappa shape index (κ3) is 2.88. The Morgan fingerprint density at radius 2 is 2.46 bits per heavy atom. The first kappa shape index (κ1) is 10.9. The van der Waals surface area contributed by atoms with Gasteiger partial charge in [0.05, 0.1) is 4.87 Å². The van der Waals surface area contributed by atoms with Gasteiger partial charge in [0, 0.05) is 5.75 Å². The lowest BCUT2D eigenvalue weighted by molar-refractivity contribution is -0.138. The minimum absolute atomic E-state index is 0.0148. The summed E-state index contributed by atoms with van der Waals surface area (Å²) in [6.45, 7) is 4.24. The Hall–Kier alpha value is -0.220. The number of carboxylic acid groups (broad SMARTS) is 1. The number of hydrogen-bond acceptors (Lipinski definition) is 3. The topological polar surface area (TPSA) is 49.3 Å². The van der Waals surface area contributed by atoms with E-state index < -0.39 is 5.97 Å². The zero-order chi connectivity index (χ0) is 9.90. The normalized spacial score (nSPS) is 33.5. The first-order valence-electron chi connectivity index (χ1n) is 4.72. The maximum atomic E-state index is 10.7. The Balaban J connectivity index is 2.41. The summed E-state index contributed by atoms with van der Waals surface area (Å²) >= 11 is 1.73. The molecule has 2 N–H and O–H groups in total. The minimum Gasteiger partial charge on any atom is -0.480 e. The number of carbonyl (C=O) groups is 1. The van der Waals surface area contributed by atoms with Crippen LogP contribution in [0.4, 0.5) is 0 Å². The second kappa shape index (κ2) is 4.33. The lowest BCUT2D eigenvalue weighted by atomic mass is 10.1. The summed E-state index contributed by atoms with van der Waals surface area (Å²) in [6, 6.07) is -0.355. The molecule has 0 aromatic heterocycles. The van der Waals surface area contributed by atoms with E-state index >= 15 is 0 Å². The fourth-order valence-electron chi connectivity index (χ4n) is 1.51. The van der Waals surface area contributed by atoms with Crippen LogP contribution in [0.25, 0.3) is 0 Å². The van der Waals surface area contributed by atoms with Gasteiger partial charge in [0.15, 0.2) is 0 Å². The average molecular weight is 203 g/mol. The average Bonchev–Trinajstić information content (AvgIpc) is 2.46. The Labute approximate surface area is 83.3 Å². The van der Waals surface area contributed by atoms with Gasteiger partial charge < -0.3 is 5.11 Å². The number of carboxylic acids is 1. The Morgan fingerprint density at radius 3 is 2.92 bits per heavy atom. The van der Waals surface area contributed by atoms with Crippen LogP contribution in [0.5, 0.6) is 0 Å². The highest BCUT2D eigenvalue weighted by molar-refractivity contribution is 8.00. The van der Waals surface area contributed by atoms with Crippen molar-refractivity contribution in [1.29, 1.82) is 0 Å². The van der Waals surface area contributed by atoms with Crippen LogP contribution in [0.3, 0.4) is 0 Å². The predicted molar refractivity (Wildman–Crippen MR) is 54.9 cm³/mol. The molecule has 1 fully saturated rings. The van der Waals surface area contributed by atoms with Gasteiger partial charge in [-0.15, -0.1) is 11.8 Å². The molecule has 1 heterocycles. The summed E-state index contributed by atoms with van der Waals surface area (Å²) in [5.74, 6) is -0.0389. The summed E-state index contributed by atoms with van der Waals surface area (Å²) in [4.78, 5) is 10.7. The smallest absolute Gasteiger partial charge is 0.321 e. The molecule has 1 aliphatic rings. The molecule has 3 nitrogen and oxygen atoms in total. The van der Waals surface area contributed by atoms with E-state index in [1.165, 1.54) is 0 Å². The van der Waals surface area contributed by atoms with E-state index in [-0.39, 0.29) is 10.9 Å². The van der Waals surface area contributed by atoms with E-state index in [2.05, 4.69) is 19.2 Å². The summed E-state index contributed by atoms with van der Waals surface area (Å²) in [5.41, 5.74) is 0. The van der Waals surface area contributed by atoms with Gasteiger partial charge in [0.1, 0.15) is 6.04 Å². The van der Waals surface area contributed by atoms with Crippen LogP contribution in [0, 0.1) is 0 Å². The van der Waals surface area contributed by atoms with Crippen molar-refractivity contribution in [3.05, 3.63) is 0 Å². The van der Waals surface area contributed by atoms with Crippen molar-refractivity contribution >= 4 is 17.7 Å². The number of hydrogen-bond donors (Lipinski definition) is 2. The number of nitrogens with one attached hydrogen (secondary N) is 1. The van der Waals surface area contributed by atoms with Crippen molar-refractivity contribution in [3.8, 4) is 0 Å². The lowest BCUT2D eigenvalue weighted by Crippen LogP contribution is -2.43. The van der Waals surface area contributed by atoms with E-state index in [1.54, 1.807) is 11.8 Å². The van der Waals surface area contributed by atoms with Gasteiger partial charge in [0.2, 0.25) is 0 Å². The summed E-state index contributed by atoms with van der Waals surface area (Å²) < 4.78 is 0. The molecule has 13 heavy (non-hydrogen) atoms. The predicted octanol–water partition coefficient (Wildman–Crippen LogP) is 1.68. The molecular formula is C9H17NO2S. The largest absolute Gasteiger partial charge is 0.480 e. The molecule has 0 spiro atoms. The van der Waals surface area contributed by atoms with Crippen LogP contribution in [0.1, 0.15) is 33.1 Å². The van der Waals surface area contributed by atoms with Crippen molar-refractivity contribution in [2.24, 2.45) is 0 Å². The van der Waals surface area contributed by atoms with Crippen LogP contribution in [0.2, 0.25) is 0 Å². The van der Waals surface area contributed by atoms with E-state index in [4.69, 9.17) is 5.11 Å². The van der Waals surface area contributed by atoms with Gasteiger partial charge in [-0.1, -0.05) is 19.8 Å². The Morgan fingerprint density at radius 1 is 1.77 bits per heavy atom. The molecule has 0 aliphatic carbocycles. The van der Waals surface area contributed by atoms with Gasteiger partial charge in [-0.05, 0) is 13.3 Å². The molecule has 0 radical (unpaired) electrons. The standard InChI is InChI=1S/C9H17NO2S/c1-3-4-5-9(2)10-7(6-13-9)8(11)12/h7,10H,3-6H2,1-2H3,(H,11,12)/t7-,9-/m0/s1. The van der Waals surface area contributed by atoms with E-state index in [1.807, 2.05) is 0 Å². The van der Waals surface area contributed by atoms with Crippen LogP contribution >= 0.6 is 11.8 Å². The number of unbranched alkanes of at least 4 members (excludes halogenated alkanes) is 1. The van der Waals surface area contributed by atoms with Crippen molar-refractivity contribution in [1.82, 2.24) is 5.32 Å². The van der Waals surface area contributed by atoms with Crippen LogP contribution in [-0.4, -0.2) is 27.7 Å². The number of aliphatic carboxylic acids is 1. The molecule has 2 atom stereocenters. The first-order valence-corrected chi connectivity index (χ1v) is 5.70. The van der Waals surface area contributed by atoms with Crippen LogP contribution in [-0.2, 0) is 4.79 Å². The molecule has 0 unspecified atom stereocenters. The third-order valence-electron chi connectivity index (χ3n) is 2.35. The molecule has 0 bridgehead atoms. The maximum Gasteiger partial charge on any atom is 0.321 e. The monoisotopic (exact) mass is 203 g/mol. The maximum absolute atomic E-state index is 10.7. The molecule has 76 valence electrons. The second-order valence-corrected chi connectivity index (χ2v) is 5.20. The SMILES string of the molecule is CCCC[C@@]1(C)N[C@H](C(=O)O)CS1. The molecule has 0 amide bonds. The minimum atomic E-state index is -0.729. The van der Waals surface area contributed by atoms with Crippen molar-refractivity contribution in [2.45, 2.75) is 44.0 Å². The Kier molecular flexibility index (Phi) is 3.62. The molecule has 1 saturated heterocycles. The molecule has 1 aliphatic heterocycles. The fraction of sp³-hybridized carbons (Fsp3) is 0.889.